The van der Waals surface area contributed by atoms with E-state index in [0.717, 1.165) is 60.6 Å². The summed E-state index contributed by atoms with van der Waals surface area (Å²) in [5.41, 5.74) is 1.28. The van der Waals surface area contributed by atoms with Crippen LogP contribution in [0.25, 0.3) is 10.2 Å². The van der Waals surface area contributed by atoms with E-state index < -0.39 is 0 Å². The molecule has 0 aromatic carbocycles. The predicted molar refractivity (Wildman–Crippen MR) is 97.4 cm³/mol. The minimum atomic E-state index is 0.169. The van der Waals surface area contributed by atoms with E-state index in [9.17, 15) is 4.79 Å². The Hall–Kier alpha value is -1.20. The lowest BCUT2D eigenvalue weighted by molar-refractivity contribution is 0.313. The average molecular weight is 334 g/mol. The highest BCUT2D eigenvalue weighted by molar-refractivity contribution is 7.18. The van der Waals surface area contributed by atoms with Gasteiger partial charge in [0.15, 0.2) is 0 Å². The third-order valence-electron chi connectivity index (χ3n) is 4.92. The molecule has 0 unspecified atom stereocenters. The summed E-state index contributed by atoms with van der Waals surface area (Å²) < 4.78 is 1.95. The first-order valence-corrected chi connectivity index (χ1v) is 9.65. The molecule has 3 rings (SSSR count). The van der Waals surface area contributed by atoms with Crippen molar-refractivity contribution >= 4 is 21.6 Å². The Morgan fingerprint density at radius 2 is 1.91 bits per heavy atom. The number of unbranched alkanes of at least 4 members (excludes halogenated alkanes) is 2. The zero-order valence-corrected chi connectivity index (χ0v) is 15.3. The summed E-state index contributed by atoms with van der Waals surface area (Å²) >= 11 is 1.66. The van der Waals surface area contributed by atoms with Crippen molar-refractivity contribution in [1.29, 1.82) is 0 Å². The molecule has 0 spiro atoms. The van der Waals surface area contributed by atoms with Gasteiger partial charge in [-0.05, 0) is 51.8 Å². The number of hydrogen-bond donors (Lipinski definition) is 0. The fourth-order valence-electron chi connectivity index (χ4n) is 3.38. The van der Waals surface area contributed by atoms with Crippen molar-refractivity contribution in [2.24, 2.45) is 0 Å². The van der Waals surface area contributed by atoms with Gasteiger partial charge in [-0.2, -0.15) is 0 Å². The minimum absolute atomic E-state index is 0.169. The number of aryl methyl sites for hydroxylation is 2. The van der Waals surface area contributed by atoms with Crippen LogP contribution >= 0.6 is 11.3 Å². The first-order chi connectivity index (χ1) is 11.1. The topological polar surface area (TPSA) is 38.1 Å². The van der Waals surface area contributed by atoms with Gasteiger partial charge < -0.3 is 0 Å². The number of aromatic nitrogens is 2. The molecule has 126 valence electrons. The van der Waals surface area contributed by atoms with Gasteiger partial charge in [-0.1, -0.05) is 19.8 Å². The monoisotopic (exact) mass is 333 g/mol. The molecule has 0 aliphatic carbocycles. The first kappa shape index (κ1) is 16.7. The molecule has 1 fully saturated rings. The summed E-state index contributed by atoms with van der Waals surface area (Å²) in [5.74, 6) is 0.960. The van der Waals surface area contributed by atoms with E-state index in [0.29, 0.717) is 0 Å². The summed E-state index contributed by atoms with van der Waals surface area (Å²) in [5, 5.41) is 0.842. The van der Waals surface area contributed by atoms with Crippen LogP contribution in [0.3, 0.4) is 0 Å². The lowest BCUT2D eigenvalue weighted by atomic mass is 10.2. The van der Waals surface area contributed by atoms with Crippen molar-refractivity contribution in [2.45, 2.75) is 66.0 Å². The molecule has 0 bridgehead atoms. The second kappa shape index (κ2) is 7.14. The zero-order chi connectivity index (χ0) is 16.4. The maximum Gasteiger partial charge on any atom is 0.262 e. The third kappa shape index (κ3) is 3.36. The molecule has 5 heteroatoms. The molecule has 1 saturated heterocycles. The Bertz CT molecular complexity index is 741. The van der Waals surface area contributed by atoms with Crippen LogP contribution in [0.5, 0.6) is 0 Å². The van der Waals surface area contributed by atoms with Crippen LogP contribution in [-0.2, 0) is 13.1 Å². The highest BCUT2D eigenvalue weighted by Crippen LogP contribution is 2.26. The van der Waals surface area contributed by atoms with E-state index in [1.807, 2.05) is 11.5 Å². The van der Waals surface area contributed by atoms with Crippen molar-refractivity contribution in [3.8, 4) is 0 Å². The zero-order valence-electron chi connectivity index (χ0n) is 14.5. The van der Waals surface area contributed by atoms with Crippen LogP contribution in [0, 0.1) is 13.8 Å². The van der Waals surface area contributed by atoms with Crippen molar-refractivity contribution in [3.63, 3.8) is 0 Å². The van der Waals surface area contributed by atoms with Crippen LogP contribution in [0.2, 0.25) is 0 Å². The minimum Gasteiger partial charge on any atom is -0.296 e. The fourth-order valence-corrected chi connectivity index (χ4v) is 4.42. The Labute approximate surface area is 142 Å². The van der Waals surface area contributed by atoms with Crippen molar-refractivity contribution in [3.05, 3.63) is 26.6 Å². The summed E-state index contributed by atoms with van der Waals surface area (Å²) in [7, 11) is 0. The SMILES string of the molecule is CCCCCn1c(CN2CCCC2)nc2sc(C)c(C)c2c1=O. The number of thiophene rings is 1. The summed E-state index contributed by atoms with van der Waals surface area (Å²) in [6.45, 7) is 10.2. The summed E-state index contributed by atoms with van der Waals surface area (Å²) in [6.07, 6.45) is 5.91. The Morgan fingerprint density at radius 1 is 1.17 bits per heavy atom. The molecule has 1 aliphatic heterocycles. The third-order valence-corrected chi connectivity index (χ3v) is 6.02. The van der Waals surface area contributed by atoms with E-state index in [2.05, 4.69) is 18.7 Å². The van der Waals surface area contributed by atoms with Gasteiger partial charge in [-0.25, -0.2) is 4.98 Å². The summed E-state index contributed by atoms with van der Waals surface area (Å²) in [4.78, 5) is 22.5. The maximum atomic E-state index is 13.1. The molecule has 0 amide bonds. The number of likely N-dealkylation sites (tertiary alicyclic amines) is 1. The lowest BCUT2D eigenvalue weighted by Gasteiger charge is -2.18. The van der Waals surface area contributed by atoms with E-state index in [1.54, 1.807) is 11.3 Å². The molecule has 23 heavy (non-hydrogen) atoms. The number of hydrogen-bond acceptors (Lipinski definition) is 4. The van der Waals surface area contributed by atoms with E-state index >= 15 is 0 Å². The smallest absolute Gasteiger partial charge is 0.262 e. The molecule has 2 aromatic heterocycles. The lowest BCUT2D eigenvalue weighted by Crippen LogP contribution is -2.30. The Balaban J connectivity index is 2.03. The first-order valence-electron chi connectivity index (χ1n) is 8.83. The molecule has 0 saturated carbocycles. The fraction of sp³-hybridized carbons (Fsp3) is 0.667. The van der Waals surface area contributed by atoms with Gasteiger partial charge in [0.25, 0.3) is 5.56 Å². The van der Waals surface area contributed by atoms with E-state index in [1.165, 1.54) is 24.1 Å². The molecule has 2 aromatic rings. The van der Waals surface area contributed by atoms with Gasteiger partial charge in [-0.3, -0.25) is 14.3 Å². The standard InChI is InChI=1S/C18H27N3OS/c1-4-5-6-11-21-15(12-20-9-7-8-10-20)19-17-16(18(21)22)13(2)14(3)23-17/h4-12H2,1-3H3. The normalized spacial score (nSPS) is 15.8. The second-order valence-electron chi connectivity index (χ2n) is 6.64. The maximum absolute atomic E-state index is 13.1. The molecule has 3 heterocycles. The average Bonchev–Trinajstić information content (AvgIpc) is 3.12. The molecule has 4 nitrogen and oxygen atoms in total. The van der Waals surface area contributed by atoms with Crippen LogP contribution in [0.1, 0.15) is 55.3 Å². The summed E-state index contributed by atoms with van der Waals surface area (Å²) in [6, 6.07) is 0. The van der Waals surface area contributed by atoms with Crippen molar-refractivity contribution in [1.82, 2.24) is 14.5 Å². The second-order valence-corrected chi connectivity index (χ2v) is 7.84. The van der Waals surface area contributed by atoms with Gasteiger partial charge in [-0.15, -0.1) is 11.3 Å². The number of fused-ring (bicyclic) bond motifs is 1. The molecule has 0 atom stereocenters. The predicted octanol–water partition coefficient (Wildman–Crippen LogP) is 3.86. The Kier molecular flexibility index (Phi) is 5.17. The highest BCUT2D eigenvalue weighted by atomic mass is 32.1. The van der Waals surface area contributed by atoms with Crippen molar-refractivity contribution < 1.29 is 0 Å². The van der Waals surface area contributed by atoms with Gasteiger partial charge in [0, 0.05) is 11.4 Å². The van der Waals surface area contributed by atoms with Crippen LogP contribution in [0.4, 0.5) is 0 Å². The molecular weight excluding hydrogens is 306 g/mol. The van der Waals surface area contributed by atoms with E-state index in [4.69, 9.17) is 4.98 Å². The molecular formula is C18H27N3OS. The van der Waals surface area contributed by atoms with Crippen LogP contribution < -0.4 is 5.56 Å². The molecule has 0 radical (unpaired) electrons. The van der Waals surface area contributed by atoms with Crippen molar-refractivity contribution in [2.75, 3.05) is 13.1 Å². The van der Waals surface area contributed by atoms with Crippen LogP contribution in [0.15, 0.2) is 4.79 Å². The quantitative estimate of drug-likeness (QED) is 0.753. The Morgan fingerprint density at radius 3 is 2.61 bits per heavy atom. The largest absolute Gasteiger partial charge is 0.296 e. The molecule has 0 N–H and O–H groups in total. The van der Waals surface area contributed by atoms with Gasteiger partial charge in [0.1, 0.15) is 10.7 Å². The van der Waals surface area contributed by atoms with E-state index in [-0.39, 0.29) is 5.56 Å². The van der Waals surface area contributed by atoms with Gasteiger partial charge >= 0.3 is 0 Å². The molecule has 1 aliphatic rings. The number of rotatable bonds is 6. The number of nitrogens with zero attached hydrogens (tertiary/aromatic N) is 3. The van der Waals surface area contributed by atoms with Gasteiger partial charge in [0.05, 0.1) is 11.9 Å². The highest BCUT2D eigenvalue weighted by Gasteiger charge is 2.19. The van der Waals surface area contributed by atoms with Crippen LogP contribution in [-0.4, -0.2) is 27.5 Å². The van der Waals surface area contributed by atoms with Gasteiger partial charge in [0.2, 0.25) is 0 Å².